The number of H-pyrrole nitrogens is 1. The van der Waals surface area contributed by atoms with E-state index in [4.69, 9.17) is 16.7 Å². The summed E-state index contributed by atoms with van der Waals surface area (Å²) in [4.78, 5) is 28.9. The molecule has 0 spiro atoms. The number of rotatable bonds is 3. The zero-order valence-electron chi connectivity index (χ0n) is 9.45. The number of halogens is 1. The summed E-state index contributed by atoms with van der Waals surface area (Å²) in [5.74, 6) is -1.67. The third-order valence-electron chi connectivity index (χ3n) is 2.36. The largest absolute Gasteiger partial charge is 0.475 e. The van der Waals surface area contributed by atoms with Crippen LogP contribution < -0.4 is 5.32 Å². The number of aromatic nitrogens is 2. The van der Waals surface area contributed by atoms with Crippen molar-refractivity contribution in [2.45, 2.75) is 6.92 Å². The maximum atomic E-state index is 11.7. The smallest absolute Gasteiger partial charge is 0.371 e. The van der Waals surface area contributed by atoms with Gasteiger partial charge in [0.15, 0.2) is 0 Å². The van der Waals surface area contributed by atoms with Crippen molar-refractivity contribution in [1.29, 1.82) is 0 Å². The van der Waals surface area contributed by atoms with Gasteiger partial charge in [0.1, 0.15) is 0 Å². The predicted molar refractivity (Wildman–Crippen MR) is 66.1 cm³/mol. The van der Waals surface area contributed by atoms with Crippen LogP contribution in [0.25, 0.3) is 11.0 Å². The number of fused-ring (bicyclic) bond motifs is 1. The first-order chi connectivity index (χ1) is 8.52. The van der Waals surface area contributed by atoms with Crippen molar-refractivity contribution in [3.63, 3.8) is 0 Å². The van der Waals surface area contributed by atoms with E-state index in [-0.39, 0.29) is 22.3 Å². The summed E-state index contributed by atoms with van der Waals surface area (Å²) in [6.07, 6.45) is 0. The molecule has 1 aromatic heterocycles. The van der Waals surface area contributed by atoms with Gasteiger partial charge in [0.2, 0.25) is 5.82 Å². The summed E-state index contributed by atoms with van der Waals surface area (Å²) in [6, 6.07) is 2.95. The SMILES string of the molecule is CCNC(=O)c1cc2nc(C(=O)O)[nH]c2cc1Cl. The van der Waals surface area contributed by atoms with Gasteiger partial charge in [-0.15, -0.1) is 0 Å². The summed E-state index contributed by atoms with van der Waals surface area (Å²) in [5, 5.41) is 11.7. The van der Waals surface area contributed by atoms with Gasteiger partial charge in [0.05, 0.1) is 21.6 Å². The van der Waals surface area contributed by atoms with Crippen LogP contribution in [-0.2, 0) is 0 Å². The van der Waals surface area contributed by atoms with Gasteiger partial charge in [-0.25, -0.2) is 9.78 Å². The van der Waals surface area contributed by atoms with Crippen molar-refractivity contribution in [1.82, 2.24) is 15.3 Å². The van der Waals surface area contributed by atoms with E-state index >= 15 is 0 Å². The zero-order chi connectivity index (χ0) is 13.3. The molecule has 0 unspecified atom stereocenters. The number of nitrogens with one attached hydrogen (secondary N) is 2. The highest BCUT2D eigenvalue weighted by molar-refractivity contribution is 6.34. The molecule has 0 fully saturated rings. The van der Waals surface area contributed by atoms with Crippen LogP contribution >= 0.6 is 11.6 Å². The van der Waals surface area contributed by atoms with Gasteiger partial charge in [-0.2, -0.15) is 0 Å². The summed E-state index contributed by atoms with van der Waals surface area (Å²) >= 11 is 5.97. The van der Waals surface area contributed by atoms with Gasteiger partial charge >= 0.3 is 5.97 Å². The van der Waals surface area contributed by atoms with Crippen LogP contribution in [0.1, 0.15) is 27.9 Å². The lowest BCUT2D eigenvalue weighted by Crippen LogP contribution is -2.22. The van der Waals surface area contributed by atoms with Crippen molar-refractivity contribution in [2.75, 3.05) is 6.54 Å². The fraction of sp³-hybridized carbons (Fsp3) is 0.182. The molecule has 1 aromatic carbocycles. The molecular weight excluding hydrogens is 258 g/mol. The number of hydrogen-bond donors (Lipinski definition) is 3. The van der Waals surface area contributed by atoms with Crippen molar-refractivity contribution in [3.05, 3.63) is 28.5 Å². The summed E-state index contributed by atoms with van der Waals surface area (Å²) in [5.41, 5.74) is 1.14. The third-order valence-corrected chi connectivity index (χ3v) is 2.67. The Morgan fingerprint density at radius 2 is 2.22 bits per heavy atom. The molecule has 0 aliphatic carbocycles. The van der Waals surface area contributed by atoms with Crippen molar-refractivity contribution in [3.8, 4) is 0 Å². The molecule has 0 atom stereocenters. The Bertz CT molecular complexity index is 636. The van der Waals surface area contributed by atoms with E-state index in [9.17, 15) is 9.59 Å². The molecule has 2 aromatic rings. The van der Waals surface area contributed by atoms with Crippen molar-refractivity contribution >= 4 is 34.5 Å². The van der Waals surface area contributed by atoms with Gasteiger partial charge in [-0.05, 0) is 19.1 Å². The number of imidazole rings is 1. The molecule has 7 heteroatoms. The molecule has 0 aliphatic heterocycles. The Morgan fingerprint density at radius 3 is 2.83 bits per heavy atom. The maximum absolute atomic E-state index is 11.7. The number of aromatic amines is 1. The van der Waals surface area contributed by atoms with Crippen LogP contribution in [0.15, 0.2) is 12.1 Å². The summed E-state index contributed by atoms with van der Waals surface area (Å²) in [7, 11) is 0. The molecule has 0 aliphatic rings. The van der Waals surface area contributed by atoms with Gasteiger partial charge in [0, 0.05) is 6.54 Å². The predicted octanol–water partition coefficient (Wildman–Crippen LogP) is 1.66. The number of nitrogens with zero attached hydrogens (tertiary/aromatic N) is 1. The summed E-state index contributed by atoms with van der Waals surface area (Å²) < 4.78 is 0. The van der Waals surface area contributed by atoms with E-state index in [1.165, 1.54) is 12.1 Å². The van der Waals surface area contributed by atoms with Crippen molar-refractivity contribution in [2.24, 2.45) is 0 Å². The van der Waals surface area contributed by atoms with Crippen LogP contribution in [0.4, 0.5) is 0 Å². The van der Waals surface area contributed by atoms with Crippen LogP contribution in [0, 0.1) is 0 Å². The molecule has 0 saturated carbocycles. The fourth-order valence-electron chi connectivity index (χ4n) is 1.56. The van der Waals surface area contributed by atoms with Crippen LogP contribution in [0.3, 0.4) is 0 Å². The zero-order valence-corrected chi connectivity index (χ0v) is 10.2. The van der Waals surface area contributed by atoms with Gasteiger partial charge < -0.3 is 15.4 Å². The Balaban J connectivity index is 2.53. The molecule has 2 rings (SSSR count). The van der Waals surface area contributed by atoms with Crippen LogP contribution in [0.5, 0.6) is 0 Å². The number of hydrogen-bond acceptors (Lipinski definition) is 3. The topological polar surface area (TPSA) is 95.1 Å². The lowest BCUT2D eigenvalue weighted by atomic mass is 10.2. The lowest BCUT2D eigenvalue weighted by molar-refractivity contribution is 0.0685. The highest BCUT2D eigenvalue weighted by atomic mass is 35.5. The van der Waals surface area contributed by atoms with E-state index in [2.05, 4.69) is 15.3 Å². The van der Waals surface area contributed by atoms with Gasteiger partial charge in [-0.3, -0.25) is 4.79 Å². The molecule has 94 valence electrons. The molecule has 0 bridgehead atoms. The minimum Gasteiger partial charge on any atom is -0.475 e. The number of carboxylic acids is 1. The Hall–Kier alpha value is -2.08. The number of carboxylic acid groups (broad SMARTS) is 1. The second kappa shape index (κ2) is 4.66. The van der Waals surface area contributed by atoms with Crippen LogP contribution in [0.2, 0.25) is 5.02 Å². The number of benzene rings is 1. The lowest BCUT2D eigenvalue weighted by Gasteiger charge is -2.04. The number of amides is 1. The molecule has 18 heavy (non-hydrogen) atoms. The highest BCUT2D eigenvalue weighted by Gasteiger charge is 2.15. The first kappa shape index (κ1) is 12.4. The minimum atomic E-state index is -1.16. The third kappa shape index (κ3) is 2.14. The second-order valence-corrected chi connectivity index (χ2v) is 4.01. The first-order valence-electron chi connectivity index (χ1n) is 5.23. The molecular formula is C11H10ClN3O3. The molecule has 1 heterocycles. The van der Waals surface area contributed by atoms with Gasteiger partial charge in [0.25, 0.3) is 5.91 Å². The second-order valence-electron chi connectivity index (χ2n) is 3.60. The fourth-order valence-corrected chi connectivity index (χ4v) is 1.81. The Labute approximate surface area is 107 Å². The van der Waals surface area contributed by atoms with Crippen LogP contribution in [-0.4, -0.2) is 33.5 Å². The normalized spacial score (nSPS) is 10.6. The molecule has 3 N–H and O–H groups in total. The summed E-state index contributed by atoms with van der Waals surface area (Å²) in [6.45, 7) is 2.27. The number of carbonyl (C=O) groups is 2. The quantitative estimate of drug-likeness (QED) is 0.788. The molecule has 0 saturated heterocycles. The van der Waals surface area contributed by atoms with E-state index in [1.54, 1.807) is 6.92 Å². The van der Waals surface area contributed by atoms with Gasteiger partial charge in [-0.1, -0.05) is 11.6 Å². The Kier molecular flexibility index (Phi) is 3.20. The Morgan fingerprint density at radius 1 is 1.50 bits per heavy atom. The standard InChI is InChI=1S/C11H10ClN3O3/c1-2-13-10(16)5-3-7-8(4-6(5)12)15-9(14-7)11(17)18/h3-4H,2H2,1H3,(H,13,16)(H,14,15)(H,17,18). The average molecular weight is 268 g/mol. The van der Waals surface area contributed by atoms with E-state index in [0.717, 1.165) is 0 Å². The number of aromatic carboxylic acids is 1. The maximum Gasteiger partial charge on any atom is 0.371 e. The van der Waals surface area contributed by atoms with E-state index in [0.29, 0.717) is 17.6 Å². The molecule has 1 amide bonds. The monoisotopic (exact) mass is 267 g/mol. The number of carbonyl (C=O) groups excluding carboxylic acids is 1. The van der Waals surface area contributed by atoms with E-state index in [1.807, 2.05) is 0 Å². The highest BCUT2D eigenvalue weighted by Crippen LogP contribution is 2.22. The minimum absolute atomic E-state index is 0.186. The van der Waals surface area contributed by atoms with E-state index < -0.39 is 5.97 Å². The molecule has 6 nitrogen and oxygen atoms in total. The molecule has 0 radical (unpaired) electrons. The first-order valence-corrected chi connectivity index (χ1v) is 5.61. The van der Waals surface area contributed by atoms with Crippen molar-refractivity contribution < 1.29 is 14.7 Å². The average Bonchev–Trinajstić information content (AvgIpc) is 2.71.